The Morgan fingerprint density at radius 3 is 2.19 bits per heavy atom. The Morgan fingerprint density at radius 2 is 1.58 bits per heavy atom. The van der Waals surface area contributed by atoms with Crippen molar-refractivity contribution in [1.82, 2.24) is 10.0 Å². The summed E-state index contributed by atoms with van der Waals surface area (Å²) in [6.07, 6.45) is -0.463. The standard InChI is InChI=1S/C23H20F3N3O6S/c1-29(16-6-7-19(30)20(31)12-16)22(32)18(10-13-8-14(24)11-15(25)9-13)27-23(33)28-36(34,35)21-5-3-2-4-17(21)26/h2-9,11-12,18,30-31H,10H2,1H3,(H2,27,28,33)/t18-/m0/s1. The summed E-state index contributed by atoms with van der Waals surface area (Å²) in [6, 6.07) is 7.19. The summed E-state index contributed by atoms with van der Waals surface area (Å²) in [5, 5.41) is 21.3. The molecule has 0 radical (unpaired) electrons. The molecule has 0 aliphatic rings. The van der Waals surface area contributed by atoms with Crippen LogP contribution in [0.15, 0.2) is 65.6 Å². The molecule has 13 heteroatoms. The van der Waals surface area contributed by atoms with Crippen molar-refractivity contribution >= 4 is 27.6 Å². The summed E-state index contributed by atoms with van der Waals surface area (Å²) in [5.74, 6) is -4.88. The minimum atomic E-state index is -4.67. The van der Waals surface area contributed by atoms with E-state index in [1.165, 1.54) is 25.2 Å². The average molecular weight is 523 g/mol. The van der Waals surface area contributed by atoms with Crippen LogP contribution >= 0.6 is 0 Å². The van der Waals surface area contributed by atoms with Gasteiger partial charge < -0.3 is 20.4 Å². The van der Waals surface area contributed by atoms with Gasteiger partial charge in [-0.15, -0.1) is 0 Å². The smallest absolute Gasteiger partial charge is 0.329 e. The number of benzene rings is 3. The Hall–Kier alpha value is -4.26. The fourth-order valence-corrected chi connectivity index (χ4v) is 4.27. The molecule has 0 aliphatic carbocycles. The van der Waals surface area contributed by atoms with Gasteiger partial charge in [0, 0.05) is 31.3 Å². The van der Waals surface area contributed by atoms with E-state index in [0.29, 0.717) is 6.07 Å². The van der Waals surface area contributed by atoms with Crippen molar-refractivity contribution in [2.75, 3.05) is 11.9 Å². The van der Waals surface area contributed by atoms with Gasteiger partial charge in [-0.3, -0.25) is 4.79 Å². The molecule has 0 bridgehead atoms. The summed E-state index contributed by atoms with van der Waals surface area (Å²) in [6.45, 7) is 0. The first-order valence-electron chi connectivity index (χ1n) is 10.2. The van der Waals surface area contributed by atoms with Gasteiger partial charge in [0.2, 0.25) is 5.91 Å². The molecule has 0 aromatic heterocycles. The van der Waals surface area contributed by atoms with Crippen molar-refractivity contribution in [1.29, 1.82) is 0 Å². The fourth-order valence-electron chi connectivity index (χ4n) is 3.27. The molecule has 9 nitrogen and oxygen atoms in total. The molecule has 0 spiro atoms. The van der Waals surface area contributed by atoms with Gasteiger partial charge in [-0.25, -0.2) is 31.1 Å². The lowest BCUT2D eigenvalue weighted by Crippen LogP contribution is -2.52. The molecule has 0 aliphatic heterocycles. The largest absolute Gasteiger partial charge is 0.504 e. The van der Waals surface area contributed by atoms with Crippen LogP contribution in [-0.4, -0.2) is 43.7 Å². The number of hydrogen-bond acceptors (Lipinski definition) is 6. The van der Waals surface area contributed by atoms with Gasteiger partial charge in [-0.1, -0.05) is 12.1 Å². The van der Waals surface area contributed by atoms with E-state index in [0.717, 1.165) is 41.3 Å². The average Bonchev–Trinajstić information content (AvgIpc) is 2.78. The molecule has 190 valence electrons. The van der Waals surface area contributed by atoms with Gasteiger partial charge >= 0.3 is 6.03 Å². The van der Waals surface area contributed by atoms with Crippen LogP contribution in [-0.2, 0) is 21.2 Å². The highest BCUT2D eigenvalue weighted by molar-refractivity contribution is 7.90. The Morgan fingerprint density at radius 1 is 0.944 bits per heavy atom. The molecule has 3 aromatic rings. The number of anilines is 1. The number of amides is 3. The van der Waals surface area contributed by atoms with Crippen LogP contribution < -0.4 is 14.9 Å². The van der Waals surface area contributed by atoms with Crippen molar-refractivity contribution in [3.05, 3.63) is 83.7 Å². The zero-order chi connectivity index (χ0) is 26.6. The summed E-state index contributed by atoms with van der Waals surface area (Å²) >= 11 is 0. The minimum Gasteiger partial charge on any atom is -0.504 e. The van der Waals surface area contributed by atoms with Crippen LogP contribution in [0.4, 0.5) is 23.7 Å². The lowest BCUT2D eigenvalue weighted by atomic mass is 10.0. The third-order valence-corrected chi connectivity index (χ3v) is 6.36. The van der Waals surface area contributed by atoms with Crippen molar-refractivity contribution in [2.45, 2.75) is 17.4 Å². The highest BCUT2D eigenvalue weighted by Crippen LogP contribution is 2.29. The molecular formula is C23H20F3N3O6S. The number of phenolic OH excluding ortho intramolecular Hbond substituents is 2. The summed E-state index contributed by atoms with van der Waals surface area (Å²) in [4.78, 5) is 25.9. The van der Waals surface area contributed by atoms with Gasteiger partial charge in [0.25, 0.3) is 10.0 Å². The van der Waals surface area contributed by atoms with Crippen LogP contribution in [0.25, 0.3) is 0 Å². The monoisotopic (exact) mass is 523 g/mol. The second-order valence-corrected chi connectivity index (χ2v) is 9.26. The van der Waals surface area contributed by atoms with E-state index in [-0.39, 0.29) is 11.3 Å². The molecule has 3 amide bonds. The lowest BCUT2D eigenvalue weighted by Gasteiger charge is -2.25. The number of nitrogens with one attached hydrogen (secondary N) is 2. The van der Waals surface area contributed by atoms with Crippen LogP contribution in [0.2, 0.25) is 0 Å². The molecule has 0 saturated heterocycles. The van der Waals surface area contributed by atoms with Crippen molar-refractivity contribution < 1.29 is 41.4 Å². The number of rotatable bonds is 7. The molecular weight excluding hydrogens is 503 g/mol. The highest BCUT2D eigenvalue weighted by Gasteiger charge is 2.29. The first-order chi connectivity index (χ1) is 16.9. The third-order valence-electron chi connectivity index (χ3n) is 5.00. The maximum Gasteiger partial charge on any atom is 0.329 e. The molecule has 0 fully saturated rings. The Bertz CT molecular complexity index is 1400. The first-order valence-corrected chi connectivity index (χ1v) is 11.7. The van der Waals surface area contributed by atoms with Crippen molar-refractivity contribution in [3.63, 3.8) is 0 Å². The van der Waals surface area contributed by atoms with E-state index in [1.54, 1.807) is 4.72 Å². The number of halogens is 3. The third kappa shape index (κ3) is 6.24. The van der Waals surface area contributed by atoms with Crippen molar-refractivity contribution in [3.8, 4) is 11.5 Å². The second kappa shape index (κ2) is 10.6. The molecule has 1 atom stereocenters. The molecule has 0 unspecified atom stereocenters. The topological polar surface area (TPSA) is 136 Å². The number of aromatic hydroxyl groups is 2. The van der Waals surface area contributed by atoms with Crippen molar-refractivity contribution in [2.24, 2.45) is 0 Å². The number of likely N-dealkylation sites (N-methyl/N-ethyl adjacent to an activating group) is 1. The zero-order valence-electron chi connectivity index (χ0n) is 18.6. The Kier molecular flexibility index (Phi) is 7.73. The maximum atomic E-state index is 13.9. The number of carbonyl (C=O) groups is 2. The highest BCUT2D eigenvalue weighted by atomic mass is 32.2. The molecule has 4 N–H and O–H groups in total. The van der Waals surface area contributed by atoms with Crippen LogP contribution in [0.3, 0.4) is 0 Å². The van der Waals surface area contributed by atoms with Gasteiger partial charge in [0.15, 0.2) is 11.5 Å². The van der Waals surface area contributed by atoms with Gasteiger partial charge in [-0.2, -0.15) is 0 Å². The van der Waals surface area contributed by atoms with E-state index < -0.39 is 68.3 Å². The lowest BCUT2D eigenvalue weighted by molar-refractivity contribution is -0.120. The number of nitrogens with zero attached hydrogens (tertiary/aromatic N) is 1. The predicted octanol–water partition coefficient (Wildman–Crippen LogP) is 2.78. The number of sulfonamides is 1. The Balaban J connectivity index is 1.89. The van der Waals surface area contributed by atoms with E-state index in [9.17, 15) is 41.4 Å². The van der Waals surface area contributed by atoms with Crippen LogP contribution in [0, 0.1) is 17.5 Å². The number of carbonyl (C=O) groups excluding carboxylic acids is 2. The zero-order valence-corrected chi connectivity index (χ0v) is 19.4. The van der Waals surface area contributed by atoms with E-state index >= 15 is 0 Å². The van der Waals surface area contributed by atoms with Gasteiger partial charge in [-0.05, 0) is 42.0 Å². The normalized spacial score (nSPS) is 12.0. The SMILES string of the molecule is CN(C(=O)[C@H](Cc1cc(F)cc(F)c1)NC(=O)NS(=O)(=O)c1ccccc1F)c1ccc(O)c(O)c1. The molecule has 0 saturated carbocycles. The number of hydrogen-bond donors (Lipinski definition) is 4. The number of urea groups is 1. The van der Waals surface area contributed by atoms with Gasteiger partial charge in [0.05, 0.1) is 0 Å². The molecule has 0 heterocycles. The fraction of sp³-hybridized carbons (Fsp3) is 0.130. The first kappa shape index (κ1) is 26.3. The summed E-state index contributed by atoms with van der Waals surface area (Å²) in [5.41, 5.74) is 0.0389. The van der Waals surface area contributed by atoms with Crippen LogP contribution in [0.1, 0.15) is 5.56 Å². The minimum absolute atomic E-state index is 0.0370. The number of phenols is 2. The molecule has 3 aromatic carbocycles. The Labute approximate surface area is 203 Å². The summed E-state index contributed by atoms with van der Waals surface area (Å²) < 4.78 is 67.8. The summed E-state index contributed by atoms with van der Waals surface area (Å²) in [7, 11) is -3.42. The predicted molar refractivity (Wildman–Crippen MR) is 122 cm³/mol. The van der Waals surface area contributed by atoms with E-state index in [4.69, 9.17) is 0 Å². The van der Waals surface area contributed by atoms with Gasteiger partial charge in [0.1, 0.15) is 28.4 Å². The van der Waals surface area contributed by atoms with Crippen LogP contribution in [0.5, 0.6) is 11.5 Å². The van der Waals surface area contributed by atoms with E-state index in [1.807, 2.05) is 0 Å². The quantitative estimate of drug-likeness (QED) is 0.352. The second-order valence-electron chi connectivity index (χ2n) is 7.61. The van der Waals surface area contributed by atoms with E-state index in [2.05, 4.69) is 5.32 Å². The maximum absolute atomic E-state index is 13.9. The molecule has 36 heavy (non-hydrogen) atoms. The molecule has 3 rings (SSSR count).